The van der Waals surface area contributed by atoms with Gasteiger partial charge in [-0.3, -0.25) is 4.79 Å². The third kappa shape index (κ3) is 1.57. The summed E-state index contributed by atoms with van der Waals surface area (Å²) in [5.41, 5.74) is 12.5. The Morgan fingerprint density at radius 1 is 0.889 bits per heavy atom. The van der Waals surface area contributed by atoms with Crippen LogP contribution in [0.3, 0.4) is 0 Å². The van der Waals surface area contributed by atoms with Crippen molar-refractivity contribution in [2.75, 3.05) is 5.73 Å². The largest absolute Gasteiger partial charge is 0.398 e. The Morgan fingerprint density at radius 3 is 2.50 bits per heavy atom. The van der Waals surface area contributed by atoms with Gasteiger partial charge in [0.25, 0.3) is 0 Å². The molecule has 0 saturated heterocycles. The molecule has 0 aliphatic carbocycles. The summed E-state index contributed by atoms with van der Waals surface area (Å²) in [7, 11) is 0. The van der Waals surface area contributed by atoms with E-state index in [0.29, 0.717) is 5.56 Å². The fraction of sp³-hybridized carbons (Fsp3) is 0. The lowest BCUT2D eigenvalue weighted by Crippen LogP contribution is -2.10. The van der Waals surface area contributed by atoms with Crippen LogP contribution in [0.4, 0.5) is 5.69 Å². The third-order valence-electron chi connectivity index (χ3n) is 3.16. The van der Waals surface area contributed by atoms with Crippen LogP contribution in [0.15, 0.2) is 48.5 Å². The van der Waals surface area contributed by atoms with E-state index < -0.39 is 5.91 Å². The fourth-order valence-corrected chi connectivity index (χ4v) is 2.20. The molecule has 3 nitrogen and oxygen atoms in total. The van der Waals surface area contributed by atoms with Crippen molar-refractivity contribution < 1.29 is 4.79 Å². The lowest BCUT2D eigenvalue weighted by Gasteiger charge is -2.06. The van der Waals surface area contributed by atoms with Gasteiger partial charge in [-0.25, -0.2) is 0 Å². The SMILES string of the molecule is NC(=O)c1ccc2cc3cccc(N)c3cc2c1. The molecule has 0 atom stereocenters. The van der Waals surface area contributed by atoms with Gasteiger partial charge >= 0.3 is 0 Å². The number of carbonyl (C=O) groups is 1. The Labute approximate surface area is 104 Å². The minimum atomic E-state index is -0.418. The summed E-state index contributed by atoms with van der Waals surface area (Å²) in [5, 5.41) is 4.12. The lowest BCUT2D eigenvalue weighted by atomic mass is 10.0. The summed E-state index contributed by atoms with van der Waals surface area (Å²) in [6.45, 7) is 0. The number of rotatable bonds is 1. The molecule has 1 amide bonds. The predicted octanol–water partition coefficient (Wildman–Crippen LogP) is 2.67. The summed E-state index contributed by atoms with van der Waals surface area (Å²) in [6.07, 6.45) is 0. The molecular formula is C15H12N2O. The van der Waals surface area contributed by atoms with Crippen LogP contribution in [0, 0.1) is 0 Å². The van der Waals surface area contributed by atoms with Crippen molar-refractivity contribution >= 4 is 33.1 Å². The smallest absolute Gasteiger partial charge is 0.248 e. The van der Waals surface area contributed by atoms with E-state index in [0.717, 1.165) is 27.2 Å². The van der Waals surface area contributed by atoms with Crippen LogP contribution in [0.1, 0.15) is 10.4 Å². The maximum atomic E-state index is 11.2. The minimum absolute atomic E-state index is 0.418. The molecule has 0 aliphatic rings. The zero-order valence-corrected chi connectivity index (χ0v) is 9.68. The van der Waals surface area contributed by atoms with E-state index in [2.05, 4.69) is 6.07 Å². The Hall–Kier alpha value is -2.55. The molecule has 4 N–H and O–H groups in total. The van der Waals surface area contributed by atoms with E-state index in [1.165, 1.54) is 0 Å². The molecule has 0 heterocycles. The van der Waals surface area contributed by atoms with Crippen molar-refractivity contribution in [2.24, 2.45) is 5.73 Å². The number of hydrogen-bond acceptors (Lipinski definition) is 2. The first-order valence-electron chi connectivity index (χ1n) is 5.67. The molecule has 0 aliphatic heterocycles. The van der Waals surface area contributed by atoms with Gasteiger partial charge in [0.05, 0.1) is 0 Å². The number of anilines is 1. The van der Waals surface area contributed by atoms with Gasteiger partial charge in [-0.2, -0.15) is 0 Å². The normalized spacial score (nSPS) is 10.9. The molecule has 0 spiro atoms. The molecule has 3 heteroatoms. The van der Waals surface area contributed by atoms with E-state index >= 15 is 0 Å². The molecule has 3 rings (SSSR count). The summed E-state index contributed by atoms with van der Waals surface area (Å²) < 4.78 is 0. The maximum Gasteiger partial charge on any atom is 0.248 e. The highest BCUT2D eigenvalue weighted by Crippen LogP contribution is 2.27. The van der Waals surface area contributed by atoms with Gasteiger partial charge in [0.1, 0.15) is 0 Å². The van der Waals surface area contributed by atoms with Crippen LogP contribution in [0.2, 0.25) is 0 Å². The first-order valence-corrected chi connectivity index (χ1v) is 5.67. The van der Waals surface area contributed by atoms with Crippen LogP contribution in [-0.4, -0.2) is 5.91 Å². The zero-order valence-electron chi connectivity index (χ0n) is 9.68. The molecule has 0 radical (unpaired) electrons. The molecule has 88 valence electrons. The molecule has 0 saturated carbocycles. The number of hydrogen-bond donors (Lipinski definition) is 2. The molecule has 0 unspecified atom stereocenters. The number of nitrogens with two attached hydrogens (primary N) is 2. The number of benzene rings is 3. The highest BCUT2D eigenvalue weighted by molar-refractivity contribution is 6.05. The number of fused-ring (bicyclic) bond motifs is 2. The van der Waals surface area contributed by atoms with Crippen LogP contribution in [0.5, 0.6) is 0 Å². The van der Waals surface area contributed by atoms with Gasteiger partial charge in [0.15, 0.2) is 0 Å². The fourth-order valence-electron chi connectivity index (χ4n) is 2.20. The number of primary amides is 1. The van der Waals surface area contributed by atoms with Crippen molar-refractivity contribution in [3.05, 3.63) is 54.1 Å². The molecule has 3 aromatic carbocycles. The Balaban J connectivity index is 2.39. The molecule has 0 aromatic heterocycles. The Bertz CT molecular complexity index is 778. The third-order valence-corrected chi connectivity index (χ3v) is 3.16. The second-order valence-corrected chi connectivity index (χ2v) is 4.35. The van der Waals surface area contributed by atoms with Crippen molar-refractivity contribution in [1.29, 1.82) is 0 Å². The summed E-state index contributed by atoms with van der Waals surface area (Å²) in [6, 6.07) is 15.3. The number of amides is 1. The molecule has 0 fully saturated rings. The number of carbonyl (C=O) groups excluding carboxylic acids is 1. The maximum absolute atomic E-state index is 11.2. The second kappa shape index (κ2) is 3.74. The van der Waals surface area contributed by atoms with Crippen molar-refractivity contribution in [3.8, 4) is 0 Å². The van der Waals surface area contributed by atoms with Gasteiger partial charge in [-0.05, 0) is 46.5 Å². The van der Waals surface area contributed by atoms with Crippen molar-refractivity contribution in [2.45, 2.75) is 0 Å². The van der Waals surface area contributed by atoms with Crippen LogP contribution >= 0.6 is 0 Å². The molecule has 18 heavy (non-hydrogen) atoms. The van der Waals surface area contributed by atoms with Gasteiger partial charge in [-0.15, -0.1) is 0 Å². The quantitative estimate of drug-likeness (QED) is 0.503. The first-order chi connectivity index (χ1) is 8.65. The van der Waals surface area contributed by atoms with E-state index in [9.17, 15) is 4.79 Å². The van der Waals surface area contributed by atoms with Crippen molar-refractivity contribution in [3.63, 3.8) is 0 Å². The van der Waals surface area contributed by atoms with Crippen LogP contribution in [-0.2, 0) is 0 Å². The van der Waals surface area contributed by atoms with Gasteiger partial charge in [0.2, 0.25) is 5.91 Å². The lowest BCUT2D eigenvalue weighted by molar-refractivity contribution is 0.100. The predicted molar refractivity (Wildman–Crippen MR) is 74.4 cm³/mol. The summed E-state index contributed by atoms with van der Waals surface area (Å²) in [5.74, 6) is -0.418. The highest BCUT2D eigenvalue weighted by atomic mass is 16.1. The van der Waals surface area contributed by atoms with Gasteiger partial charge in [-0.1, -0.05) is 18.2 Å². The van der Waals surface area contributed by atoms with Crippen LogP contribution in [0.25, 0.3) is 21.5 Å². The summed E-state index contributed by atoms with van der Waals surface area (Å²) >= 11 is 0. The van der Waals surface area contributed by atoms with Gasteiger partial charge < -0.3 is 11.5 Å². The van der Waals surface area contributed by atoms with Crippen LogP contribution < -0.4 is 11.5 Å². The molecule has 3 aromatic rings. The summed E-state index contributed by atoms with van der Waals surface area (Å²) in [4.78, 5) is 11.2. The van der Waals surface area contributed by atoms with E-state index in [1.54, 1.807) is 12.1 Å². The van der Waals surface area contributed by atoms with E-state index in [4.69, 9.17) is 11.5 Å². The minimum Gasteiger partial charge on any atom is -0.398 e. The second-order valence-electron chi connectivity index (χ2n) is 4.35. The topological polar surface area (TPSA) is 69.1 Å². The van der Waals surface area contributed by atoms with Gasteiger partial charge in [0, 0.05) is 16.6 Å². The number of nitrogen functional groups attached to an aromatic ring is 1. The monoisotopic (exact) mass is 236 g/mol. The average molecular weight is 236 g/mol. The Morgan fingerprint density at radius 2 is 1.72 bits per heavy atom. The molecular weight excluding hydrogens is 224 g/mol. The first kappa shape index (κ1) is 10.6. The van der Waals surface area contributed by atoms with E-state index in [1.807, 2.05) is 30.3 Å². The zero-order chi connectivity index (χ0) is 12.7. The Kier molecular flexibility index (Phi) is 2.20. The highest BCUT2D eigenvalue weighted by Gasteiger charge is 2.04. The van der Waals surface area contributed by atoms with Crippen molar-refractivity contribution in [1.82, 2.24) is 0 Å². The average Bonchev–Trinajstić information content (AvgIpc) is 2.36. The van der Waals surface area contributed by atoms with E-state index in [-0.39, 0.29) is 0 Å². The standard InChI is InChI=1S/C15H12N2O/c16-14-3-1-2-10-6-9-4-5-11(15(17)18)7-12(9)8-13(10)14/h1-8H,16H2,(H2,17,18). The molecule has 0 bridgehead atoms.